The zero-order valence-electron chi connectivity index (χ0n) is 16.2. The van der Waals surface area contributed by atoms with Crippen LogP contribution in [0.5, 0.6) is 0 Å². The Morgan fingerprint density at radius 1 is 1.04 bits per heavy atom. The molecule has 1 aliphatic heterocycles. The highest BCUT2D eigenvalue weighted by molar-refractivity contribution is 6.08. The van der Waals surface area contributed by atoms with Gasteiger partial charge in [-0.1, -0.05) is 11.6 Å². The fourth-order valence-corrected chi connectivity index (χ4v) is 3.70. The Labute approximate surface area is 162 Å². The van der Waals surface area contributed by atoms with Gasteiger partial charge >= 0.3 is 0 Å². The molecule has 0 bridgehead atoms. The molecule has 1 aliphatic rings. The van der Waals surface area contributed by atoms with Crippen molar-refractivity contribution in [1.29, 1.82) is 0 Å². The molecule has 6 nitrogen and oxygen atoms in total. The van der Waals surface area contributed by atoms with Crippen molar-refractivity contribution in [3.05, 3.63) is 69.0 Å². The first-order valence-corrected chi connectivity index (χ1v) is 9.08. The number of aryl methyl sites for hydroxylation is 2. The van der Waals surface area contributed by atoms with E-state index in [1.54, 1.807) is 24.3 Å². The molecule has 142 valence electrons. The van der Waals surface area contributed by atoms with Crippen LogP contribution in [-0.2, 0) is 10.2 Å². The summed E-state index contributed by atoms with van der Waals surface area (Å²) in [7, 11) is 0. The molecular weight excluding hydrogens is 354 g/mol. The van der Waals surface area contributed by atoms with Gasteiger partial charge in [0, 0.05) is 11.4 Å². The Bertz CT molecular complexity index is 1220. The molecule has 0 spiro atoms. The highest BCUT2D eigenvalue weighted by atomic mass is 16.2. The maximum Gasteiger partial charge on any atom is 0.261 e. The number of H-pyrrole nitrogens is 1. The molecule has 28 heavy (non-hydrogen) atoms. The number of aromatic amines is 1. The molecule has 0 saturated carbocycles. The van der Waals surface area contributed by atoms with Crippen LogP contribution in [0, 0.1) is 13.8 Å². The van der Waals surface area contributed by atoms with E-state index in [0.29, 0.717) is 5.69 Å². The molecule has 0 saturated heterocycles. The average molecular weight is 375 g/mol. The number of carbonyl (C=O) groups is 2. The van der Waals surface area contributed by atoms with E-state index in [0.717, 1.165) is 33.3 Å². The third-order valence-electron chi connectivity index (χ3n) is 5.30. The van der Waals surface area contributed by atoms with Gasteiger partial charge in [-0.2, -0.15) is 0 Å². The number of anilines is 2. The zero-order chi connectivity index (χ0) is 20.2. The van der Waals surface area contributed by atoms with Gasteiger partial charge in [0.05, 0.1) is 10.9 Å². The van der Waals surface area contributed by atoms with Crippen molar-refractivity contribution < 1.29 is 9.59 Å². The Morgan fingerprint density at radius 2 is 1.79 bits per heavy atom. The van der Waals surface area contributed by atoms with Crippen molar-refractivity contribution in [2.75, 3.05) is 10.6 Å². The molecule has 3 N–H and O–H groups in total. The lowest BCUT2D eigenvalue weighted by Crippen LogP contribution is -2.27. The zero-order valence-corrected chi connectivity index (χ0v) is 16.2. The SMILES string of the molecule is Cc1cc(C)c2[nH]c(=O)c(C(=O)Nc3ccc4c(c3)C(C)(C)C(=O)N4)cc2c1. The average Bonchev–Trinajstić information content (AvgIpc) is 2.84. The first-order valence-electron chi connectivity index (χ1n) is 9.08. The van der Waals surface area contributed by atoms with Crippen molar-refractivity contribution in [1.82, 2.24) is 4.98 Å². The lowest BCUT2D eigenvalue weighted by Gasteiger charge is -2.16. The summed E-state index contributed by atoms with van der Waals surface area (Å²) in [6, 6.07) is 10.8. The van der Waals surface area contributed by atoms with Crippen molar-refractivity contribution in [2.45, 2.75) is 33.1 Å². The number of fused-ring (bicyclic) bond motifs is 2. The fraction of sp³-hybridized carbons (Fsp3) is 0.227. The summed E-state index contributed by atoms with van der Waals surface area (Å²) in [5, 5.41) is 6.42. The normalized spacial score (nSPS) is 14.6. The van der Waals surface area contributed by atoms with E-state index in [9.17, 15) is 14.4 Å². The number of benzene rings is 2. The maximum atomic E-state index is 12.8. The Balaban J connectivity index is 1.70. The molecule has 1 aromatic heterocycles. The van der Waals surface area contributed by atoms with Crippen molar-refractivity contribution >= 4 is 34.1 Å². The highest BCUT2D eigenvalue weighted by Crippen LogP contribution is 2.38. The molecular formula is C22H21N3O3. The molecule has 3 aromatic rings. The third-order valence-corrected chi connectivity index (χ3v) is 5.30. The van der Waals surface area contributed by atoms with Gasteiger partial charge in [-0.3, -0.25) is 14.4 Å². The Morgan fingerprint density at radius 3 is 2.54 bits per heavy atom. The van der Waals surface area contributed by atoms with Gasteiger partial charge in [-0.15, -0.1) is 0 Å². The highest BCUT2D eigenvalue weighted by Gasteiger charge is 2.38. The smallest absolute Gasteiger partial charge is 0.261 e. The monoisotopic (exact) mass is 375 g/mol. The number of amides is 2. The molecule has 2 amide bonds. The first-order chi connectivity index (χ1) is 13.2. The molecule has 0 fully saturated rings. The molecule has 2 aromatic carbocycles. The summed E-state index contributed by atoms with van der Waals surface area (Å²) in [5.41, 5.74) is 3.77. The molecule has 6 heteroatoms. The van der Waals surface area contributed by atoms with Crippen LogP contribution in [0.3, 0.4) is 0 Å². The number of hydrogen-bond acceptors (Lipinski definition) is 3. The predicted molar refractivity (Wildman–Crippen MR) is 110 cm³/mol. The molecule has 2 heterocycles. The summed E-state index contributed by atoms with van der Waals surface area (Å²) in [6.45, 7) is 7.56. The van der Waals surface area contributed by atoms with Crippen molar-refractivity contribution in [3.63, 3.8) is 0 Å². The number of carbonyl (C=O) groups excluding carboxylic acids is 2. The predicted octanol–water partition coefficient (Wildman–Crippen LogP) is 3.63. The van der Waals surface area contributed by atoms with Crippen molar-refractivity contribution in [3.8, 4) is 0 Å². The van der Waals surface area contributed by atoms with Crippen LogP contribution < -0.4 is 16.2 Å². The van der Waals surface area contributed by atoms with E-state index >= 15 is 0 Å². The number of pyridine rings is 1. The minimum absolute atomic E-state index is 0.0476. The lowest BCUT2D eigenvalue weighted by molar-refractivity contribution is -0.119. The Kier molecular flexibility index (Phi) is 3.89. The van der Waals surface area contributed by atoms with Gasteiger partial charge in [0.1, 0.15) is 5.56 Å². The van der Waals surface area contributed by atoms with E-state index in [2.05, 4.69) is 15.6 Å². The van der Waals surface area contributed by atoms with Crippen LogP contribution in [0.2, 0.25) is 0 Å². The minimum Gasteiger partial charge on any atom is -0.325 e. The summed E-state index contributed by atoms with van der Waals surface area (Å²) in [6.07, 6.45) is 0. The number of rotatable bonds is 2. The number of aromatic nitrogens is 1. The number of hydrogen-bond donors (Lipinski definition) is 3. The number of nitrogens with one attached hydrogen (secondary N) is 3. The minimum atomic E-state index is -0.675. The van der Waals surface area contributed by atoms with Gasteiger partial charge in [-0.05, 0) is 74.5 Å². The van der Waals surface area contributed by atoms with Crippen molar-refractivity contribution in [2.24, 2.45) is 0 Å². The second kappa shape index (κ2) is 6.05. The van der Waals surface area contributed by atoms with E-state index in [4.69, 9.17) is 0 Å². The fourth-order valence-electron chi connectivity index (χ4n) is 3.70. The summed E-state index contributed by atoms with van der Waals surface area (Å²) < 4.78 is 0. The maximum absolute atomic E-state index is 12.8. The van der Waals surface area contributed by atoms with E-state index in [-0.39, 0.29) is 11.5 Å². The van der Waals surface area contributed by atoms with E-state index in [1.807, 2.05) is 39.8 Å². The molecule has 0 aliphatic carbocycles. The quantitative estimate of drug-likeness (QED) is 0.639. The van der Waals surface area contributed by atoms with Gasteiger partial charge in [-0.25, -0.2) is 0 Å². The summed E-state index contributed by atoms with van der Waals surface area (Å²) >= 11 is 0. The van der Waals surface area contributed by atoms with Gasteiger partial charge in [0.2, 0.25) is 5.91 Å². The van der Waals surface area contributed by atoms with Crippen LogP contribution in [0.15, 0.2) is 41.2 Å². The molecule has 0 radical (unpaired) electrons. The van der Waals surface area contributed by atoms with Crippen LogP contribution in [0.1, 0.15) is 40.9 Å². The summed E-state index contributed by atoms with van der Waals surface area (Å²) in [4.78, 5) is 40.1. The third kappa shape index (κ3) is 2.78. The molecule has 0 unspecified atom stereocenters. The second-order valence-electron chi connectivity index (χ2n) is 7.85. The van der Waals surface area contributed by atoms with Gasteiger partial charge in [0.15, 0.2) is 0 Å². The van der Waals surface area contributed by atoms with E-state index in [1.165, 1.54) is 0 Å². The lowest BCUT2D eigenvalue weighted by atomic mass is 9.86. The van der Waals surface area contributed by atoms with Gasteiger partial charge in [0.25, 0.3) is 11.5 Å². The molecule has 4 rings (SSSR count). The molecule has 0 atom stereocenters. The van der Waals surface area contributed by atoms with Crippen LogP contribution in [0.4, 0.5) is 11.4 Å². The Hall–Kier alpha value is -3.41. The second-order valence-corrected chi connectivity index (χ2v) is 7.85. The van der Waals surface area contributed by atoms with Crippen LogP contribution >= 0.6 is 0 Å². The summed E-state index contributed by atoms with van der Waals surface area (Å²) in [5.74, 6) is -0.569. The largest absolute Gasteiger partial charge is 0.325 e. The van der Waals surface area contributed by atoms with Gasteiger partial charge < -0.3 is 15.6 Å². The standard InChI is InChI=1S/C22H21N3O3/c1-11-7-12(2)18-13(8-11)9-15(20(27)25-18)19(26)23-14-5-6-17-16(10-14)22(3,4)21(28)24-17/h5-10H,1-4H3,(H,23,26)(H,24,28)(H,25,27). The van der Waals surface area contributed by atoms with Crippen LogP contribution in [0.25, 0.3) is 10.9 Å². The topological polar surface area (TPSA) is 91.1 Å². The first kappa shape index (κ1) is 18.0. The van der Waals surface area contributed by atoms with Crippen LogP contribution in [-0.4, -0.2) is 16.8 Å². The van der Waals surface area contributed by atoms with E-state index < -0.39 is 16.9 Å².